The maximum atomic E-state index is 13.9. The summed E-state index contributed by atoms with van der Waals surface area (Å²) in [7, 11) is -3.35. The summed E-state index contributed by atoms with van der Waals surface area (Å²) >= 11 is 0. The second kappa shape index (κ2) is 18.9. The molecule has 22 heteroatoms. The molecule has 6 aromatic rings. The van der Waals surface area contributed by atoms with Gasteiger partial charge >= 0.3 is 5.76 Å². The largest absolute Gasteiger partial charge is 0.484 e. The van der Waals surface area contributed by atoms with E-state index in [9.17, 15) is 45.6 Å². The lowest BCUT2D eigenvalue weighted by Gasteiger charge is -2.36. The normalized spacial score (nSPS) is 20.3. The summed E-state index contributed by atoms with van der Waals surface area (Å²) < 4.78 is 76.8. The number of nitrogens with zero attached hydrogens (tertiary/aromatic N) is 7. The van der Waals surface area contributed by atoms with Crippen molar-refractivity contribution in [3.8, 4) is 28.1 Å². The molecule has 10 rings (SSSR count). The molecule has 1 saturated carbocycles. The first kappa shape index (κ1) is 48.0. The average molecular weight is 1010 g/mol. The van der Waals surface area contributed by atoms with Gasteiger partial charge in [-0.15, -0.1) is 0 Å². The first-order valence-corrected chi connectivity index (χ1v) is 25.2. The molecule has 72 heavy (non-hydrogen) atoms. The van der Waals surface area contributed by atoms with Gasteiger partial charge in [0, 0.05) is 61.6 Å². The van der Waals surface area contributed by atoms with E-state index >= 15 is 0 Å². The van der Waals surface area contributed by atoms with Gasteiger partial charge in [0.2, 0.25) is 17.7 Å². The lowest BCUT2D eigenvalue weighted by Crippen LogP contribution is -2.54. The van der Waals surface area contributed by atoms with Crippen molar-refractivity contribution in [3.63, 3.8) is 0 Å². The van der Waals surface area contributed by atoms with Crippen LogP contribution in [-0.4, -0.2) is 97.2 Å². The number of piperidine rings is 2. The zero-order chi connectivity index (χ0) is 50.7. The van der Waals surface area contributed by atoms with Crippen molar-refractivity contribution < 1.29 is 50.3 Å². The highest BCUT2D eigenvalue weighted by molar-refractivity contribution is 7.93. The van der Waals surface area contributed by atoms with E-state index in [0.29, 0.717) is 72.1 Å². The summed E-state index contributed by atoms with van der Waals surface area (Å²) in [6, 6.07) is 13.9. The van der Waals surface area contributed by atoms with E-state index in [1.807, 2.05) is 26.6 Å². The summed E-state index contributed by atoms with van der Waals surface area (Å²) in [5, 5.41) is 12.2. The molecular formula is C50H49F3N10O8S. The van der Waals surface area contributed by atoms with Gasteiger partial charge in [-0.3, -0.25) is 48.3 Å². The van der Waals surface area contributed by atoms with E-state index in [0.717, 1.165) is 28.9 Å². The molecular weight excluding hydrogens is 958 g/mol. The number of likely N-dealkylation sites (tertiary alicyclic amines) is 1. The van der Waals surface area contributed by atoms with Crippen LogP contribution < -0.4 is 20.5 Å². The number of fused-ring (bicyclic) bond motifs is 2. The number of ether oxygens (including phenoxy) is 1. The van der Waals surface area contributed by atoms with E-state index in [-0.39, 0.29) is 65.0 Å². The van der Waals surface area contributed by atoms with Crippen molar-refractivity contribution in [1.82, 2.24) is 39.7 Å². The van der Waals surface area contributed by atoms with Crippen molar-refractivity contribution in [3.05, 3.63) is 107 Å². The van der Waals surface area contributed by atoms with Crippen LogP contribution in [0.4, 0.5) is 24.7 Å². The molecule has 1 aliphatic carbocycles. The first-order valence-electron chi connectivity index (χ1n) is 23.6. The van der Waals surface area contributed by atoms with Gasteiger partial charge in [0.15, 0.2) is 0 Å². The molecule has 5 amide bonds. The smallest absolute Gasteiger partial charge is 0.355 e. The number of carbonyl (C=O) groups excluding carboxylic acids is 5. The molecule has 18 nitrogen and oxygen atoms in total. The highest BCUT2D eigenvalue weighted by Crippen LogP contribution is 2.42. The van der Waals surface area contributed by atoms with E-state index in [1.54, 1.807) is 43.2 Å². The number of imide groups is 2. The predicted octanol–water partition coefficient (Wildman–Crippen LogP) is 6.86. The van der Waals surface area contributed by atoms with Crippen LogP contribution in [0.15, 0.2) is 79.3 Å². The number of alkyl halides is 2. The Kier molecular flexibility index (Phi) is 12.6. The van der Waals surface area contributed by atoms with Crippen molar-refractivity contribution in [2.24, 2.45) is 13.0 Å². The Labute approximate surface area is 410 Å². The van der Waals surface area contributed by atoms with Crippen LogP contribution in [0, 0.1) is 11.7 Å². The maximum absolute atomic E-state index is 13.9. The number of nitrogens with two attached hydrogens (primary N) is 1. The molecule has 3 aromatic heterocycles. The zero-order valence-corrected chi connectivity index (χ0v) is 39.9. The third-order valence-electron chi connectivity index (χ3n) is 14.4. The highest BCUT2D eigenvalue weighted by Gasteiger charge is 2.45. The van der Waals surface area contributed by atoms with Crippen molar-refractivity contribution in [2.45, 2.75) is 88.2 Å². The van der Waals surface area contributed by atoms with Crippen LogP contribution >= 0.6 is 0 Å². The van der Waals surface area contributed by atoms with Gasteiger partial charge in [-0.05, 0) is 105 Å². The third kappa shape index (κ3) is 8.91. The van der Waals surface area contributed by atoms with Crippen LogP contribution in [0.2, 0.25) is 0 Å². The van der Waals surface area contributed by atoms with Crippen LogP contribution in [0.5, 0.6) is 5.75 Å². The van der Waals surface area contributed by atoms with E-state index in [4.69, 9.17) is 20.7 Å². The van der Waals surface area contributed by atoms with E-state index < -0.39 is 57.4 Å². The number of rotatable bonds is 12. The molecule has 374 valence electrons. The lowest BCUT2D eigenvalue weighted by molar-refractivity contribution is -0.138. The minimum Gasteiger partial charge on any atom is -0.484 e. The Hall–Kier alpha value is -7.62. The minimum absolute atomic E-state index is 0.00918. The molecule has 1 unspecified atom stereocenters. The molecule has 2 atom stereocenters. The monoisotopic (exact) mass is 1010 g/mol. The number of nitrogens with one attached hydrogen (secondary N) is 2. The SMILES string of the molecule is C[C@H](Oc1cc(-c2nn(C)c3c(-c4cnn(C5CCN(C(=O)C6CCC(c7ccc8c(c7)C(=O)N(C7CCC(=O)NC7=O)C8=O)CC6)CC5)c4)cnc(N)c23)ccc1NS(=O)(=O)C(F)F)c1ccc(F)cc1. The third-order valence-corrected chi connectivity index (χ3v) is 15.3. The van der Waals surface area contributed by atoms with Gasteiger partial charge in [-0.1, -0.05) is 24.3 Å². The Morgan fingerprint density at radius 3 is 2.31 bits per heavy atom. The quantitative estimate of drug-likeness (QED) is 0.107. The summed E-state index contributed by atoms with van der Waals surface area (Å²) in [5.41, 5.74) is 11.0. The predicted molar refractivity (Wildman–Crippen MR) is 256 cm³/mol. The summed E-state index contributed by atoms with van der Waals surface area (Å²) in [6.07, 6.45) is 8.84. The Morgan fingerprint density at radius 1 is 0.875 bits per heavy atom. The van der Waals surface area contributed by atoms with Crippen molar-refractivity contribution in [1.29, 1.82) is 0 Å². The number of aromatic nitrogens is 5. The minimum atomic E-state index is -5.08. The van der Waals surface area contributed by atoms with Crippen molar-refractivity contribution in [2.75, 3.05) is 23.5 Å². The van der Waals surface area contributed by atoms with Gasteiger partial charge in [0.1, 0.15) is 35.2 Å². The fourth-order valence-corrected chi connectivity index (χ4v) is 11.1. The number of sulfonamides is 1. The summed E-state index contributed by atoms with van der Waals surface area (Å²) in [4.78, 5) is 72.1. The van der Waals surface area contributed by atoms with Crippen LogP contribution in [-0.2, 0) is 31.5 Å². The van der Waals surface area contributed by atoms with Gasteiger partial charge in [0.25, 0.3) is 21.8 Å². The van der Waals surface area contributed by atoms with Crippen LogP contribution in [0.1, 0.15) is 108 Å². The number of benzene rings is 3. The fourth-order valence-electron chi connectivity index (χ4n) is 10.5. The summed E-state index contributed by atoms with van der Waals surface area (Å²) in [6.45, 7) is 2.75. The fraction of sp³-hybridized carbons (Fsp3) is 0.360. The molecule has 2 saturated heterocycles. The number of hydrogen-bond donors (Lipinski definition) is 3. The molecule has 4 aliphatic rings. The molecule has 0 spiro atoms. The number of anilines is 2. The molecule has 0 radical (unpaired) electrons. The topological polar surface area (TPSA) is 234 Å². The molecule has 3 fully saturated rings. The van der Waals surface area contributed by atoms with Gasteiger partial charge in [-0.2, -0.15) is 19.0 Å². The number of aryl methyl sites for hydroxylation is 1. The van der Waals surface area contributed by atoms with Gasteiger partial charge < -0.3 is 15.4 Å². The van der Waals surface area contributed by atoms with Crippen LogP contribution in [0.25, 0.3) is 33.3 Å². The highest BCUT2D eigenvalue weighted by atomic mass is 32.2. The summed E-state index contributed by atoms with van der Waals surface area (Å²) in [5.74, 6) is -6.22. The maximum Gasteiger partial charge on any atom is 0.355 e. The molecule has 3 aromatic carbocycles. The standard InChI is InChI=1S/C50H49F3N10O8S/c1-26(27-7-11-33(51)12-8-27)71-40-22-31(10-14-38(40)59-72(69,70)50(52)53)43-42-44(60(2)58-43)37(24-55-45(42)54)32-23-56-62(25-32)34-17-19-61(20-18-34)47(66)29-5-3-28(4-6-29)30-9-13-35-36(21-30)49(68)63(48(35)67)39-15-16-41(64)57-46(39)65/h7-14,21-26,28-29,34,39,50,59H,3-6,15-20H2,1-2H3,(H2,54,55)(H,57,64,65)/t26-,28?,29?,39?/m0/s1. The Bertz CT molecular complexity index is 3290. The Balaban J connectivity index is 0.798. The van der Waals surface area contributed by atoms with Crippen LogP contribution in [0.3, 0.4) is 0 Å². The van der Waals surface area contributed by atoms with Gasteiger partial charge in [-0.25, -0.2) is 17.8 Å². The second-order valence-electron chi connectivity index (χ2n) is 18.7. The van der Waals surface area contributed by atoms with Gasteiger partial charge in [0.05, 0.1) is 40.0 Å². The number of amides is 5. The molecule has 0 bridgehead atoms. The number of hydrogen-bond acceptors (Lipinski definition) is 12. The number of halogens is 3. The zero-order valence-electron chi connectivity index (χ0n) is 39.1. The molecule has 3 aliphatic heterocycles. The molecule has 4 N–H and O–H groups in total. The number of nitrogen functional groups attached to an aromatic ring is 1. The average Bonchev–Trinajstić information content (AvgIpc) is 4.07. The first-order chi connectivity index (χ1) is 34.4. The lowest BCUT2D eigenvalue weighted by atomic mass is 9.77. The van der Waals surface area contributed by atoms with E-state index in [1.165, 1.54) is 42.5 Å². The molecule has 6 heterocycles. The van der Waals surface area contributed by atoms with E-state index in [2.05, 4.69) is 10.3 Å². The van der Waals surface area contributed by atoms with Crippen molar-refractivity contribution >= 4 is 62.0 Å². The number of carbonyl (C=O) groups is 5. The Morgan fingerprint density at radius 2 is 1.60 bits per heavy atom. The second-order valence-corrected chi connectivity index (χ2v) is 20.4. The number of pyridine rings is 1.